The summed E-state index contributed by atoms with van der Waals surface area (Å²) in [5.41, 5.74) is 4.48. The van der Waals surface area contributed by atoms with Crippen LogP contribution >= 0.6 is 11.8 Å². The Morgan fingerprint density at radius 2 is 1.93 bits per heavy atom. The number of hydrogen-bond acceptors (Lipinski definition) is 5. The smallest absolute Gasteiger partial charge is 0.416 e. The lowest BCUT2D eigenvalue weighted by Crippen LogP contribution is -2.32. The molecule has 2 aromatic carbocycles. The van der Waals surface area contributed by atoms with Crippen LogP contribution in [0.25, 0.3) is 0 Å². The van der Waals surface area contributed by atoms with Crippen LogP contribution in [-0.4, -0.2) is 23.0 Å². The molecule has 28 heavy (non-hydrogen) atoms. The first kappa shape index (κ1) is 19.7. The number of halogens is 3. The van der Waals surface area contributed by atoms with E-state index in [-0.39, 0.29) is 23.4 Å². The largest absolute Gasteiger partial charge is 0.426 e. The number of nitrogens with one attached hydrogen (secondary N) is 1. The number of ether oxygens (including phenoxy) is 1. The Kier molecular flexibility index (Phi) is 5.32. The normalized spacial score (nSPS) is 16.1. The van der Waals surface area contributed by atoms with Gasteiger partial charge in [-0.15, -0.1) is 11.8 Å². The lowest BCUT2D eigenvalue weighted by Gasteiger charge is -2.24. The van der Waals surface area contributed by atoms with Crippen LogP contribution in [0.3, 0.4) is 0 Å². The van der Waals surface area contributed by atoms with Gasteiger partial charge in [-0.25, -0.2) is 0 Å². The average molecular weight is 410 g/mol. The number of alkyl halides is 3. The molecule has 0 saturated heterocycles. The molecule has 0 radical (unpaired) electrons. The van der Waals surface area contributed by atoms with Gasteiger partial charge in [-0.2, -0.15) is 13.2 Å². The summed E-state index contributed by atoms with van der Waals surface area (Å²) in [6.45, 7) is 0. The molecule has 1 aliphatic heterocycles. The number of carbonyl (C=O) groups excluding carboxylic acids is 3. The SMILES string of the molecule is NC(=O)c1cccc(OC(=O)C[C@H]2Sc3ccc(C(F)(F)F)cc3NC2=O)c1. The number of benzene rings is 2. The van der Waals surface area contributed by atoms with Crippen molar-refractivity contribution in [3.8, 4) is 5.75 Å². The van der Waals surface area contributed by atoms with E-state index in [0.717, 1.165) is 23.9 Å². The van der Waals surface area contributed by atoms with E-state index in [9.17, 15) is 27.6 Å². The highest BCUT2D eigenvalue weighted by molar-refractivity contribution is 8.01. The number of nitrogens with two attached hydrogens (primary N) is 1. The molecule has 1 atom stereocenters. The molecule has 0 aliphatic carbocycles. The predicted molar refractivity (Wildman–Crippen MR) is 94.9 cm³/mol. The third kappa shape index (κ3) is 4.45. The van der Waals surface area contributed by atoms with Gasteiger partial charge in [0.05, 0.1) is 22.9 Å². The molecular weight excluding hydrogens is 397 g/mol. The van der Waals surface area contributed by atoms with Crippen LogP contribution < -0.4 is 15.8 Å². The standard InChI is InChI=1S/C18H13F3N2O4S/c19-18(20,21)10-4-5-13-12(7-10)23-17(26)14(28-13)8-15(24)27-11-3-1-2-9(6-11)16(22)25/h1-7,14H,8H2,(H2,22,25)(H,23,26)/t14-/m1/s1. The summed E-state index contributed by atoms with van der Waals surface area (Å²) in [7, 11) is 0. The van der Waals surface area contributed by atoms with Crippen molar-refractivity contribution < 1.29 is 32.3 Å². The Morgan fingerprint density at radius 1 is 1.18 bits per heavy atom. The molecule has 0 spiro atoms. The number of fused-ring (bicyclic) bond motifs is 1. The van der Waals surface area contributed by atoms with Crippen LogP contribution in [0.5, 0.6) is 5.75 Å². The number of rotatable bonds is 4. The highest BCUT2D eigenvalue weighted by atomic mass is 32.2. The first-order valence-corrected chi connectivity index (χ1v) is 8.81. The van der Waals surface area contributed by atoms with Crippen molar-refractivity contribution in [3.05, 3.63) is 53.6 Å². The maximum Gasteiger partial charge on any atom is 0.416 e. The van der Waals surface area contributed by atoms with Gasteiger partial charge in [0.1, 0.15) is 5.75 Å². The van der Waals surface area contributed by atoms with Crippen LogP contribution in [0.15, 0.2) is 47.4 Å². The zero-order chi connectivity index (χ0) is 20.5. The monoisotopic (exact) mass is 410 g/mol. The Bertz CT molecular complexity index is 962. The average Bonchev–Trinajstić information content (AvgIpc) is 2.61. The van der Waals surface area contributed by atoms with Crippen LogP contribution in [0.4, 0.5) is 18.9 Å². The van der Waals surface area contributed by atoms with E-state index in [1.807, 2.05) is 0 Å². The molecule has 0 unspecified atom stereocenters. The maximum atomic E-state index is 12.8. The minimum Gasteiger partial charge on any atom is -0.426 e. The molecule has 0 bridgehead atoms. The molecule has 1 heterocycles. The molecule has 6 nitrogen and oxygen atoms in total. The van der Waals surface area contributed by atoms with Crippen molar-refractivity contribution in [2.24, 2.45) is 5.73 Å². The Morgan fingerprint density at radius 3 is 2.61 bits per heavy atom. The number of thioether (sulfide) groups is 1. The van der Waals surface area contributed by atoms with E-state index in [1.165, 1.54) is 30.3 Å². The molecule has 1 aliphatic rings. The zero-order valence-corrected chi connectivity index (χ0v) is 14.9. The molecule has 2 aromatic rings. The van der Waals surface area contributed by atoms with E-state index in [0.29, 0.717) is 4.90 Å². The number of primary amides is 1. The van der Waals surface area contributed by atoms with Crippen molar-refractivity contribution in [1.29, 1.82) is 0 Å². The minimum absolute atomic E-state index is 0.0450. The van der Waals surface area contributed by atoms with Gasteiger partial charge in [0.15, 0.2) is 0 Å². The van der Waals surface area contributed by atoms with Gasteiger partial charge in [-0.05, 0) is 36.4 Å². The van der Waals surface area contributed by atoms with Gasteiger partial charge in [-0.3, -0.25) is 14.4 Å². The lowest BCUT2D eigenvalue weighted by atomic mass is 10.1. The third-order valence-electron chi connectivity index (χ3n) is 3.83. The maximum absolute atomic E-state index is 12.8. The quantitative estimate of drug-likeness (QED) is 0.596. The minimum atomic E-state index is -4.52. The van der Waals surface area contributed by atoms with E-state index in [1.54, 1.807) is 0 Å². The highest BCUT2D eigenvalue weighted by Crippen LogP contribution is 2.40. The lowest BCUT2D eigenvalue weighted by molar-refractivity contribution is -0.137. The number of anilines is 1. The molecular formula is C18H13F3N2O4S. The van der Waals surface area contributed by atoms with E-state index < -0.39 is 34.8 Å². The van der Waals surface area contributed by atoms with Gasteiger partial charge in [0.2, 0.25) is 11.8 Å². The van der Waals surface area contributed by atoms with Crippen molar-refractivity contribution in [2.75, 3.05) is 5.32 Å². The number of esters is 1. The molecule has 2 amide bonds. The fourth-order valence-corrected chi connectivity index (χ4v) is 3.57. The van der Waals surface area contributed by atoms with Crippen LogP contribution in [-0.2, 0) is 15.8 Å². The first-order chi connectivity index (χ1) is 13.1. The molecule has 3 rings (SSSR count). The topological polar surface area (TPSA) is 98.5 Å². The summed E-state index contributed by atoms with van der Waals surface area (Å²) in [6, 6.07) is 8.69. The van der Waals surface area contributed by atoms with Crippen LogP contribution in [0, 0.1) is 0 Å². The summed E-state index contributed by atoms with van der Waals surface area (Å²) >= 11 is 0.977. The van der Waals surface area contributed by atoms with E-state index >= 15 is 0 Å². The fourth-order valence-electron chi connectivity index (χ4n) is 2.50. The van der Waals surface area contributed by atoms with Gasteiger partial charge in [0, 0.05) is 10.5 Å². The molecule has 146 valence electrons. The van der Waals surface area contributed by atoms with Crippen LogP contribution in [0.2, 0.25) is 0 Å². The number of carbonyl (C=O) groups is 3. The van der Waals surface area contributed by atoms with Gasteiger partial charge < -0.3 is 15.8 Å². The second-order valence-electron chi connectivity index (χ2n) is 5.87. The summed E-state index contributed by atoms with van der Waals surface area (Å²) in [5, 5.41) is 1.52. The van der Waals surface area contributed by atoms with Crippen molar-refractivity contribution in [2.45, 2.75) is 22.7 Å². The molecule has 0 fully saturated rings. The Balaban J connectivity index is 1.69. The number of amides is 2. The van der Waals surface area contributed by atoms with Crippen molar-refractivity contribution >= 4 is 35.2 Å². The Labute approximate surface area is 161 Å². The first-order valence-electron chi connectivity index (χ1n) is 7.93. The second-order valence-corrected chi connectivity index (χ2v) is 7.12. The van der Waals surface area contributed by atoms with Crippen LogP contribution in [0.1, 0.15) is 22.3 Å². The van der Waals surface area contributed by atoms with Gasteiger partial charge >= 0.3 is 12.1 Å². The molecule has 0 aromatic heterocycles. The fraction of sp³-hybridized carbons (Fsp3) is 0.167. The predicted octanol–water partition coefficient (Wildman–Crippen LogP) is 3.21. The van der Waals surface area contributed by atoms with Crippen molar-refractivity contribution in [1.82, 2.24) is 0 Å². The van der Waals surface area contributed by atoms with Gasteiger partial charge in [-0.1, -0.05) is 6.07 Å². The molecule has 10 heteroatoms. The summed E-state index contributed by atoms with van der Waals surface area (Å²) < 4.78 is 43.5. The highest BCUT2D eigenvalue weighted by Gasteiger charge is 2.34. The third-order valence-corrected chi connectivity index (χ3v) is 5.10. The second kappa shape index (κ2) is 7.55. The Hall–Kier alpha value is -3.01. The number of hydrogen-bond donors (Lipinski definition) is 2. The molecule has 0 saturated carbocycles. The zero-order valence-electron chi connectivity index (χ0n) is 14.1. The van der Waals surface area contributed by atoms with Crippen molar-refractivity contribution in [3.63, 3.8) is 0 Å². The summed E-state index contributed by atoms with van der Waals surface area (Å²) in [5.74, 6) is -1.92. The molecule has 3 N–H and O–H groups in total. The van der Waals surface area contributed by atoms with E-state index in [4.69, 9.17) is 10.5 Å². The van der Waals surface area contributed by atoms with Gasteiger partial charge in [0.25, 0.3) is 0 Å². The summed E-state index contributed by atoms with van der Waals surface area (Å²) in [6.07, 6.45) is -4.83. The van der Waals surface area contributed by atoms with E-state index in [2.05, 4.69) is 5.32 Å². The summed E-state index contributed by atoms with van der Waals surface area (Å²) in [4.78, 5) is 35.9.